The van der Waals surface area contributed by atoms with Gasteiger partial charge in [0.15, 0.2) is 5.17 Å². The maximum atomic E-state index is 13.0. The van der Waals surface area contributed by atoms with E-state index in [9.17, 15) is 12.8 Å². The molecule has 0 atom stereocenters. The lowest BCUT2D eigenvalue weighted by Crippen LogP contribution is -1.97. The first kappa shape index (κ1) is 8.65. The summed E-state index contributed by atoms with van der Waals surface area (Å²) in [5.41, 5.74) is 0.127. The van der Waals surface area contributed by atoms with Crippen LogP contribution in [0.2, 0.25) is 0 Å². The molecule has 6 heteroatoms. The minimum absolute atomic E-state index is 0.127. The molecule has 1 aromatic rings. The molecule has 0 fully saturated rings. The van der Waals surface area contributed by atoms with Crippen LogP contribution in [0.15, 0.2) is 27.5 Å². The summed E-state index contributed by atoms with van der Waals surface area (Å²) in [4.78, 5) is -0.431. The molecule has 0 bridgehead atoms. The first-order chi connectivity index (χ1) is 6.02. The largest absolute Gasteiger partial charge is 0.287 e. The van der Waals surface area contributed by atoms with Gasteiger partial charge in [-0.25, -0.2) is 4.39 Å². The lowest BCUT2D eigenvalue weighted by molar-refractivity contribution is 0.570. The van der Waals surface area contributed by atoms with Crippen molar-refractivity contribution in [2.75, 3.05) is 0 Å². The van der Waals surface area contributed by atoms with Crippen LogP contribution in [-0.4, -0.2) is 13.6 Å². The van der Waals surface area contributed by atoms with Crippen molar-refractivity contribution in [2.45, 2.75) is 4.90 Å². The average Bonchev–Trinajstić information content (AvgIpc) is 2.24. The Morgan fingerprint density at radius 3 is 2.69 bits per heavy atom. The van der Waals surface area contributed by atoms with Crippen LogP contribution in [0, 0.1) is 5.82 Å². The van der Waals surface area contributed by atoms with Gasteiger partial charge in [0.25, 0.3) is 10.0 Å². The number of sulfonamides is 1. The number of hydrogen-bond acceptors (Lipinski definition) is 2. The standard InChI is InChI=1S/C7H3ClFNO2S/c8-7-4-2-1-3-5(9)6(4)13(11,12)10-7/h1-3H. The summed E-state index contributed by atoms with van der Waals surface area (Å²) in [6.07, 6.45) is 0. The van der Waals surface area contributed by atoms with Crippen LogP contribution in [0.1, 0.15) is 5.56 Å². The van der Waals surface area contributed by atoms with Crippen molar-refractivity contribution in [3.8, 4) is 0 Å². The van der Waals surface area contributed by atoms with Gasteiger partial charge in [-0.15, -0.1) is 4.40 Å². The number of hydrogen-bond donors (Lipinski definition) is 0. The van der Waals surface area contributed by atoms with Gasteiger partial charge in [-0.05, 0) is 6.07 Å². The highest BCUT2D eigenvalue weighted by Crippen LogP contribution is 2.29. The Hall–Kier alpha value is -0.940. The second kappa shape index (κ2) is 2.52. The Kier molecular flexibility index (Phi) is 1.68. The second-order valence-corrected chi connectivity index (χ2v) is 4.37. The van der Waals surface area contributed by atoms with E-state index >= 15 is 0 Å². The molecule has 3 nitrogen and oxygen atoms in total. The van der Waals surface area contributed by atoms with E-state index in [0.717, 1.165) is 6.07 Å². The number of rotatable bonds is 0. The Labute approximate surface area is 78.9 Å². The lowest BCUT2D eigenvalue weighted by atomic mass is 10.2. The predicted octanol–water partition coefficient (Wildman–Crippen LogP) is 1.51. The summed E-state index contributed by atoms with van der Waals surface area (Å²) >= 11 is 5.50. The van der Waals surface area contributed by atoms with Gasteiger partial charge in [0.2, 0.25) is 0 Å². The monoisotopic (exact) mass is 219 g/mol. The Balaban J connectivity index is 2.90. The van der Waals surface area contributed by atoms with Gasteiger partial charge in [0.1, 0.15) is 10.7 Å². The SMILES string of the molecule is O=S1(=O)N=C(Cl)c2cccc(F)c21. The molecule has 0 saturated carbocycles. The molecule has 0 radical (unpaired) electrons. The summed E-state index contributed by atoms with van der Waals surface area (Å²) in [6, 6.07) is 3.85. The third kappa shape index (κ3) is 1.15. The highest BCUT2D eigenvalue weighted by molar-refractivity contribution is 7.91. The number of nitrogens with zero attached hydrogens (tertiary/aromatic N) is 1. The molecule has 1 aliphatic rings. The minimum Gasteiger partial charge on any atom is -0.205 e. The summed E-state index contributed by atoms with van der Waals surface area (Å²) in [6.45, 7) is 0. The van der Waals surface area contributed by atoms with Gasteiger partial charge >= 0.3 is 0 Å². The lowest BCUT2D eigenvalue weighted by Gasteiger charge is -1.96. The molecule has 13 heavy (non-hydrogen) atoms. The summed E-state index contributed by atoms with van der Waals surface area (Å²) in [5, 5.41) is -0.186. The summed E-state index contributed by atoms with van der Waals surface area (Å²) in [5.74, 6) is -0.822. The van der Waals surface area contributed by atoms with Crippen molar-refractivity contribution in [2.24, 2.45) is 4.40 Å². The van der Waals surface area contributed by atoms with Crippen LogP contribution in [-0.2, 0) is 10.0 Å². The Bertz CT molecular complexity index is 509. The van der Waals surface area contributed by atoms with Crippen molar-refractivity contribution >= 4 is 26.8 Å². The molecule has 1 aromatic carbocycles. The molecule has 0 aromatic heterocycles. The van der Waals surface area contributed by atoms with Crippen molar-refractivity contribution < 1.29 is 12.8 Å². The van der Waals surface area contributed by atoms with Crippen LogP contribution >= 0.6 is 11.6 Å². The van der Waals surface area contributed by atoms with E-state index in [1.807, 2.05) is 0 Å². The first-order valence-corrected chi connectivity index (χ1v) is 5.13. The maximum absolute atomic E-state index is 13.0. The highest BCUT2D eigenvalue weighted by Gasteiger charge is 2.30. The Morgan fingerprint density at radius 2 is 2.08 bits per heavy atom. The van der Waals surface area contributed by atoms with Crippen LogP contribution in [0.4, 0.5) is 4.39 Å². The van der Waals surface area contributed by atoms with Gasteiger partial charge in [-0.2, -0.15) is 8.42 Å². The number of benzene rings is 1. The molecule has 0 aliphatic carbocycles. The van der Waals surface area contributed by atoms with Gasteiger partial charge in [0, 0.05) is 5.56 Å². The second-order valence-electron chi connectivity index (χ2n) is 2.47. The van der Waals surface area contributed by atoms with Crippen LogP contribution < -0.4 is 0 Å². The fourth-order valence-electron chi connectivity index (χ4n) is 1.13. The number of halogens is 2. The zero-order chi connectivity index (χ0) is 9.64. The van der Waals surface area contributed by atoms with E-state index in [1.165, 1.54) is 12.1 Å². The van der Waals surface area contributed by atoms with Crippen LogP contribution in [0.5, 0.6) is 0 Å². The topological polar surface area (TPSA) is 46.5 Å². The molecule has 0 saturated heterocycles. The molecule has 0 unspecified atom stereocenters. The average molecular weight is 220 g/mol. The van der Waals surface area contributed by atoms with E-state index in [4.69, 9.17) is 11.6 Å². The quantitative estimate of drug-likeness (QED) is 0.664. The van der Waals surface area contributed by atoms with E-state index < -0.39 is 20.7 Å². The molecule has 68 valence electrons. The van der Waals surface area contributed by atoms with Crippen molar-refractivity contribution in [1.29, 1.82) is 0 Å². The third-order valence-corrected chi connectivity index (χ3v) is 3.39. The summed E-state index contributed by atoms with van der Waals surface area (Å²) < 4.78 is 38.6. The zero-order valence-corrected chi connectivity index (χ0v) is 7.73. The predicted molar refractivity (Wildman–Crippen MR) is 46.0 cm³/mol. The minimum atomic E-state index is -3.90. The maximum Gasteiger partial charge on any atom is 0.287 e. The Morgan fingerprint density at radius 1 is 1.38 bits per heavy atom. The normalized spacial score (nSPS) is 18.2. The fourth-order valence-corrected chi connectivity index (χ4v) is 2.78. The molecule has 2 rings (SSSR count). The van der Waals surface area contributed by atoms with Gasteiger partial charge in [-0.3, -0.25) is 0 Å². The zero-order valence-electron chi connectivity index (χ0n) is 6.16. The molecular formula is C7H3ClFNO2S. The van der Waals surface area contributed by atoms with Crippen molar-refractivity contribution in [3.63, 3.8) is 0 Å². The third-order valence-electron chi connectivity index (χ3n) is 1.65. The van der Waals surface area contributed by atoms with E-state index in [-0.39, 0.29) is 10.7 Å². The molecule has 0 spiro atoms. The molecule has 1 heterocycles. The first-order valence-electron chi connectivity index (χ1n) is 3.32. The smallest absolute Gasteiger partial charge is 0.205 e. The van der Waals surface area contributed by atoms with Gasteiger partial charge in [-0.1, -0.05) is 23.7 Å². The van der Waals surface area contributed by atoms with E-state index in [2.05, 4.69) is 4.40 Å². The van der Waals surface area contributed by atoms with Crippen molar-refractivity contribution in [1.82, 2.24) is 0 Å². The molecule has 0 amide bonds. The van der Waals surface area contributed by atoms with Crippen molar-refractivity contribution in [3.05, 3.63) is 29.6 Å². The van der Waals surface area contributed by atoms with E-state index in [0.29, 0.717) is 0 Å². The van der Waals surface area contributed by atoms with Crippen LogP contribution in [0.25, 0.3) is 0 Å². The van der Waals surface area contributed by atoms with E-state index in [1.54, 1.807) is 0 Å². The molecule has 0 N–H and O–H groups in total. The molecular weight excluding hydrogens is 217 g/mol. The van der Waals surface area contributed by atoms with Gasteiger partial charge < -0.3 is 0 Å². The summed E-state index contributed by atoms with van der Waals surface area (Å²) in [7, 11) is -3.90. The number of fused-ring (bicyclic) bond motifs is 1. The molecule has 1 aliphatic heterocycles. The van der Waals surface area contributed by atoms with Crippen LogP contribution in [0.3, 0.4) is 0 Å². The van der Waals surface area contributed by atoms with Gasteiger partial charge in [0.05, 0.1) is 0 Å². The fraction of sp³-hybridized carbons (Fsp3) is 0. The highest BCUT2D eigenvalue weighted by atomic mass is 35.5.